The summed E-state index contributed by atoms with van der Waals surface area (Å²) in [6.45, 7) is 0. The number of carbonyl (C=O) groups is 1. The van der Waals surface area contributed by atoms with Crippen LogP contribution in [0, 0.1) is 0 Å². The van der Waals surface area contributed by atoms with E-state index in [9.17, 15) is 18.0 Å². The number of halogens is 3. The van der Waals surface area contributed by atoms with Crippen molar-refractivity contribution in [1.29, 1.82) is 0 Å². The predicted octanol–water partition coefficient (Wildman–Crippen LogP) is 4.00. The Hall–Kier alpha value is -3.47. The minimum Gasteiger partial charge on any atom is -0.405 e. The molecule has 0 bridgehead atoms. The van der Waals surface area contributed by atoms with E-state index in [1.165, 1.54) is 58.0 Å². The smallest absolute Gasteiger partial charge is 0.405 e. The van der Waals surface area contributed by atoms with Crippen molar-refractivity contribution >= 4 is 28.6 Å². The van der Waals surface area contributed by atoms with E-state index in [4.69, 9.17) is 0 Å². The highest BCUT2D eigenvalue weighted by molar-refractivity contribution is 7.07. The van der Waals surface area contributed by atoms with Crippen LogP contribution in [0.4, 0.5) is 18.9 Å². The first kappa shape index (κ1) is 17.9. The number of carbonyl (C=O) groups excluding carboxylic acids is 1. The first-order chi connectivity index (χ1) is 13.4. The molecule has 1 amide bonds. The number of benzene rings is 1. The number of hydrogen-bond donors (Lipinski definition) is 1. The molecule has 0 fully saturated rings. The van der Waals surface area contributed by atoms with Crippen molar-refractivity contribution in [2.24, 2.45) is 0 Å². The molecule has 0 spiro atoms. The Labute approximate surface area is 159 Å². The van der Waals surface area contributed by atoms with Crippen LogP contribution < -0.4 is 10.1 Å². The molecule has 0 radical (unpaired) electrons. The summed E-state index contributed by atoms with van der Waals surface area (Å²) in [6.07, 6.45) is -1.90. The minimum atomic E-state index is -4.83. The van der Waals surface area contributed by atoms with Gasteiger partial charge in [0.05, 0.1) is 17.4 Å². The van der Waals surface area contributed by atoms with E-state index in [1.54, 1.807) is 11.4 Å². The second-order valence-corrected chi connectivity index (χ2v) is 6.23. The van der Waals surface area contributed by atoms with Gasteiger partial charge in [0.15, 0.2) is 5.65 Å². The molecule has 142 valence electrons. The fourth-order valence-corrected chi connectivity index (χ4v) is 3.04. The monoisotopic (exact) mass is 405 g/mol. The quantitative estimate of drug-likeness (QED) is 0.555. The van der Waals surface area contributed by atoms with E-state index < -0.39 is 12.3 Å². The van der Waals surface area contributed by atoms with Gasteiger partial charge in [0, 0.05) is 17.1 Å². The predicted molar refractivity (Wildman–Crippen MR) is 95.2 cm³/mol. The van der Waals surface area contributed by atoms with Gasteiger partial charge in [-0.3, -0.25) is 4.79 Å². The number of fused-ring (bicyclic) bond motifs is 1. The molecule has 28 heavy (non-hydrogen) atoms. The van der Waals surface area contributed by atoms with Crippen molar-refractivity contribution in [2.45, 2.75) is 6.36 Å². The van der Waals surface area contributed by atoms with Gasteiger partial charge >= 0.3 is 6.36 Å². The number of nitrogens with one attached hydrogen (secondary N) is 1. The van der Waals surface area contributed by atoms with Crippen LogP contribution in [0.3, 0.4) is 0 Å². The Morgan fingerprint density at radius 3 is 2.79 bits per heavy atom. The SMILES string of the molecule is O=C(Nc1cnn2ccc(-c3ccccc3OC(F)(F)F)nc12)c1cscn1. The maximum atomic E-state index is 12.7. The third kappa shape index (κ3) is 3.64. The van der Waals surface area contributed by atoms with Crippen LogP contribution in [0.5, 0.6) is 5.75 Å². The van der Waals surface area contributed by atoms with Crippen molar-refractivity contribution in [2.75, 3.05) is 5.32 Å². The molecule has 7 nitrogen and oxygen atoms in total. The Balaban J connectivity index is 1.72. The maximum absolute atomic E-state index is 12.7. The number of aromatic nitrogens is 4. The highest BCUT2D eigenvalue weighted by Crippen LogP contribution is 2.33. The van der Waals surface area contributed by atoms with E-state index >= 15 is 0 Å². The number of hydrogen-bond acceptors (Lipinski definition) is 6. The van der Waals surface area contributed by atoms with Gasteiger partial charge in [-0.2, -0.15) is 5.10 Å². The van der Waals surface area contributed by atoms with Gasteiger partial charge < -0.3 is 10.1 Å². The molecule has 0 saturated heterocycles. The molecule has 0 unspecified atom stereocenters. The van der Waals surface area contributed by atoms with Crippen LogP contribution >= 0.6 is 11.3 Å². The minimum absolute atomic E-state index is 0.153. The van der Waals surface area contributed by atoms with Gasteiger partial charge in [-0.25, -0.2) is 14.5 Å². The first-order valence-electron chi connectivity index (χ1n) is 7.80. The molecule has 0 aliphatic rings. The number of ether oxygens (including phenoxy) is 1. The molecule has 4 rings (SSSR count). The van der Waals surface area contributed by atoms with Crippen molar-refractivity contribution in [3.8, 4) is 17.0 Å². The van der Waals surface area contributed by atoms with Crippen LogP contribution in [0.25, 0.3) is 16.9 Å². The molecule has 1 N–H and O–H groups in total. The third-order valence-electron chi connectivity index (χ3n) is 3.67. The standard InChI is InChI=1S/C17H10F3N5O2S/c18-17(19,20)27-14-4-2-1-3-10(14)11-5-6-25-15(23-11)12(7-22-25)24-16(26)13-8-28-9-21-13/h1-9H,(H,24,26). The lowest BCUT2D eigenvalue weighted by molar-refractivity contribution is -0.274. The lowest BCUT2D eigenvalue weighted by Gasteiger charge is -2.13. The molecular formula is C17H10F3N5O2S. The summed E-state index contributed by atoms with van der Waals surface area (Å²) < 4.78 is 43.5. The third-order valence-corrected chi connectivity index (χ3v) is 4.26. The number of alkyl halides is 3. The average molecular weight is 405 g/mol. The summed E-state index contributed by atoms with van der Waals surface area (Å²) in [4.78, 5) is 20.5. The van der Waals surface area contributed by atoms with Crippen molar-refractivity contribution < 1.29 is 22.7 Å². The Morgan fingerprint density at radius 1 is 1.21 bits per heavy atom. The number of para-hydroxylation sites is 1. The second kappa shape index (κ2) is 6.93. The Morgan fingerprint density at radius 2 is 2.04 bits per heavy atom. The first-order valence-corrected chi connectivity index (χ1v) is 8.74. The highest BCUT2D eigenvalue weighted by Gasteiger charge is 2.32. The van der Waals surface area contributed by atoms with Crippen LogP contribution in [-0.4, -0.2) is 31.9 Å². The van der Waals surface area contributed by atoms with Gasteiger partial charge in [0.1, 0.15) is 17.1 Å². The molecule has 4 aromatic rings. The van der Waals surface area contributed by atoms with E-state index in [1.807, 2.05) is 0 Å². The van der Waals surface area contributed by atoms with Crippen molar-refractivity contribution in [1.82, 2.24) is 19.6 Å². The Kier molecular flexibility index (Phi) is 4.43. The Bertz CT molecular complexity index is 1140. The van der Waals surface area contributed by atoms with Crippen LogP contribution in [0.2, 0.25) is 0 Å². The zero-order valence-electron chi connectivity index (χ0n) is 13.8. The van der Waals surface area contributed by atoms with Crippen LogP contribution in [0.15, 0.2) is 53.6 Å². The lowest BCUT2D eigenvalue weighted by atomic mass is 10.1. The zero-order chi connectivity index (χ0) is 19.7. The maximum Gasteiger partial charge on any atom is 0.573 e. The van der Waals surface area contributed by atoms with Crippen LogP contribution in [-0.2, 0) is 0 Å². The van der Waals surface area contributed by atoms with Gasteiger partial charge in [0.25, 0.3) is 5.91 Å². The summed E-state index contributed by atoms with van der Waals surface area (Å²) in [5.41, 5.74) is 2.72. The van der Waals surface area contributed by atoms with E-state index in [2.05, 4.69) is 25.1 Å². The summed E-state index contributed by atoms with van der Waals surface area (Å²) in [6, 6.07) is 7.18. The van der Waals surface area contributed by atoms with E-state index in [0.29, 0.717) is 5.69 Å². The zero-order valence-corrected chi connectivity index (χ0v) is 14.7. The van der Waals surface area contributed by atoms with Gasteiger partial charge in [-0.1, -0.05) is 12.1 Å². The van der Waals surface area contributed by atoms with Crippen LogP contribution in [0.1, 0.15) is 10.5 Å². The molecule has 0 saturated carbocycles. The lowest BCUT2D eigenvalue weighted by Crippen LogP contribution is -2.17. The molecule has 0 aliphatic carbocycles. The number of nitrogens with zero attached hydrogens (tertiary/aromatic N) is 4. The second-order valence-electron chi connectivity index (χ2n) is 5.51. The molecule has 3 aromatic heterocycles. The average Bonchev–Trinajstić information content (AvgIpc) is 3.31. The molecule has 0 aliphatic heterocycles. The largest absolute Gasteiger partial charge is 0.573 e. The molecule has 1 aromatic carbocycles. The number of rotatable bonds is 4. The van der Waals surface area contributed by atoms with Gasteiger partial charge in [-0.05, 0) is 18.2 Å². The number of thiazole rings is 1. The van der Waals surface area contributed by atoms with Crippen molar-refractivity contribution in [3.63, 3.8) is 0 Å². The normalized spacial score (nSPS) is 11.5. The highest BCUT2D eigenvalue weighted by atomic mass is 32.1. The van der Waals surface area contributed by atoms with E-state index in [-0.39, 0.29) is 28.3 Å². The summed E-state index contributed by atoms with van der Waals surface area (Å²) in [7, 11) is 0. The van der Waals surface area contributed by atoms with E-state index in [0.717, 1.165) is 0 Å². The summed E-state index contributed by atoms with van der Waals surface area (Å²) >= 11 is 1.28. The molecule has 3 heterocycles. The molecule has 0 atom stereocenters. The number of anilines is 1. The topological polar surface area (TPSA) is 81.4 Å². The fourth-order valence-electron chi connectivity index (χ4n) is 2.51. The number of amides is 1. The fraction of sp³-hybridized carbons (Fsp3) is 0.0588. The van der Waals surface area contributed by atoms with Gasteiger partial charge in [0.2, 0.25) is 0 Å². The summed E-state index contributed by atoms with van der Waals surface area (Å²) in [5, 5.41) is 8.31. The van der Waals surface area contributed by atoms with Gasteiger partial charge in [-0.15, -0.1) is 24.5 Å². The molecular weight excluding hydrogens is 395 g/mol. The molecule has 11 heteroatoms. The van der Waals surface area contributed by atoms with Crippen molar-refractivity contribution in [3.05, 3.63) is 59.3 Å². The summed E-state index contributed by atoms with van der Waals surface area (Å²) in [5.74, 6) is -0.816.